The van der Waals surface area contributed by atoms with Gasteiger partial charge in [-0.25, -0.2) is 0 Å². The summed E-state index contributed by atoms with van der Waals surface area (Å²) in [5.74, 6) is 0. The summed E-state index contributed by atoms with van der Waals surface area (Å²) in [6, 6.07) is 59.9. The Hall–Kier alpha value is -6.16. The maximum absolute atomic E-state index is 6.73. The van der Waals surface area contributed by atoms with E-state index in [0.29, 0.717) is 0 Å². The molecular formula is C49H33NOS. The molecule has 2 aromatic heterocycles. The lowest BCUT2D eigenvalue weighted by atomic mass is 9.81. The number of hydrogen-bond donors (Lipinski definition) is 0. The van der Waals surface area contributed by atoms with Gasteiger partial charge in [-0.15, -0.1) is 11.3 Å². The van der Waals surface area contributed by atoms with Gasteiger partial charge in [0, 0.05) is 58.7 Å². The molecule has 0 atom stereocenters. The van der Waals surface area contributed by atoms with Gasteiger partial charge in [-0.3, -0.25) is 0 Å². The highest BCUT2D eigenvalue weighted by molar-refractivity contribution is 7.25. The van der Waals surface area contributed by atoms with Gasteiger partial charge in [-0.05, 0) is 81.7 Å². The van der Waals surface area contributed by atoms with Crippen LogP contribution in [-0.2, 0) is 5.41 Å². The molecule has 0 fully saturated rings. The highest BCUT2D eigenvalue weighted by atomic mass is 32.1. The lowest BCUT2D eigenvalue weighted by Gasteiger charge is -2.32. The average molecular weight is 684 g/mol. The summed E-state index contributed by atoms with van der Waals surface area (Å²) in [4.78, 5) is 2.47. The van der Waals surface area contributed by atoms with E-state index in [2.05, 4.69) is 183 Å². The van der Waals surface area contributed by atoms with Gasteiger partial charge >= 0.3 is 0 Å². The van der Waals surface area contributed by atoms with E-state index < -0.39 is 0 Å². The van der Waals surface area contributed by atoms with Crippen molar-refractivity contribution in [1.82, 2.24) is 0 Å². The van der Waals surface area contributed by atoms with Crippen molar-refractivity contribution in [3.63, 3.8) is 0 Å². The minimum Gasteiger partial charge on any atom is -0.455 e. The van der Waals surface area contributed by atoms with E-state index in [1.54, 1.807) is 0 Å². The monoisotopic (exact) mass is 683 g/mol. The number of thiophene rings is 1. The Balaban J connectivity index is 1.11. The molecule has 0 amide bonds. The second kappa shape index (κ2) is 10.9. The minimum absolute atomic E-state index is 0.166. The van der Waals surface area contributed by atoms with Crippen molar-refractivity contribution < 1.29 is 4.42 Å². The Morgan fingerprint density at radius 2 is 1.15 bits per heavy atom. The van der Waals surface area contributed by atoms with Crippen molar-refractivity contribution in [3.8, 4) is 22.3 Å². The smallest absolute Gasteiger partial charge is 0.143 e. The van der Waals surface area contributed by atoms with E-state index in [0.717, 1.165) is 49.8 Å². The van der Waals surface area contributed by atoms with Gasteiger partial charge < -0.3 is 9.32 Å². The van der Waals surface area contributed by atoms with Crippen LogP contribution in [0.5, 0.6) is 0 Å². The molecule has 0 unspecified atom stereocenters. The number of rotatable bonds is 4. The lowest BCUT2D eigenvalue weighted by Crippen LogP contribution is -2.20. The Morgan fingerprint density at radius 3 is 2.06 bits per heavy atom. The van der Waals surface area contributed by atoms with Crippen LogP contribution in [0.25, 0.3) is 75.1 Å². The maximum atomic E-state index is 6.73. The zero-order valence-corrected chi connectivity index (χ0v) is 29.7. The molecule has 0 N–H and O–H groups in total. The van der Waals surface area contributed by atoms with E-state index in [4.69, 9.17) is 4.42 Å². The van der Waals surface area contributed by atoms with Crippen molar-refractivity contribution >= 4 is 81.3 Å². The van der Waals surface area contributed by atoms with Gasteiger partial charge in [0.15, 0.2) is 0 Å². The molecule has 0 spiro atoms. The highest BCUT2D eigenvalue weighted by Gasteiger charge is 2.38. The van der Waals surface area contributed by atoms with E-state index >= 15 is 0 Å². The van der Waals surface area contributed by atoms with Crippen LogP contribution in [0.1, 0.15) is 25.0 Å². The summed E-state index contributed by atoms with van der Waals surface area (Å²) in [5, 5.41) is 7.21. The lowest BCUT2D eigenvalue weighted by molar-refractivity contribution is 0.661. The molecule has 1 aliphatic rings. The number of benzene rings is 8. The molecule has 10 aromatic rings. The molecule has 1 aliphatic carbocycles. The standard InChI is InChI=1S/C49H33NOS/c1-49(2)42-18-7-5-13-36(42)38-16-10-19-43(46(38)49)50(33-26-28-45-41(29-33)37-14-6-8-20-44(37)52-45)32-24-21-31(22-25-32)35-15-9-17-39-40-27-23-30-11-3-4-12-34(30)48(40)51-47(35)39/h3-29H,1-2H3. The molecule has 246 valence electrons. The summed E-state index contributed by atoms with van der Waals surface area (Å²) >= 11 is 1.86. The summed E-state index contributed by atoms with van der Waals surface area (Å²) < 4.78 is 9.35. The predicted octanol–water partition coefficient (Wildman–Crippen LogP) is 14.6. The molecule has 0 saturated heterocycles. The predicted molar refractivity (Wildman–Crippen MR) is 222 cm³/mol. The first-order valence-corrected chi connectivity index (χ1v) is 18.7. The third kappa shape index (κ3) is 4.17. The van der Waals surface area contributed by atoms with E-state index in [1.807, 2.05) is 11.3 Å². The largest absolute Gasteiger partial charge is 0.455 e. The Morgan fingerprint density at radius 1 is 0.481 bits per heavy atom. The van der Waals surface area contributed by atoms with Gasteiger partial charge in [0.25, 0.3) is 0 Å². The Kier molecular flexibility index (Phi) is 6.21. The SMILES string of the molecule is CC1(C)c2ccccc2-c2cccc(N(c3ccc(-c4cccc5c4oc4c6ccccc6ccc54)cc3)c3ccc4sc5ccccc5c4c3)c21. The normalized spacial score (nSPS) is 13.3. The molecule has 0 bridgehead atoms. The fourth-order valence-electron chi connectivity index (χ4n) is 8.83. The van der Waals surface area contributed by atoms with Crippen LogP contribution in [0.3, 0.4) is 0 Å². The van der Waals surface area contributed by atoms with Crippen molar-refractivity contribution in [1.29, 1.82) is 0 Å². The Labute approximate surface area is 305 Å². The number of para-hydroxylation sites is 1. The summed E-state index contributed by atoms with van der Waals surface area (Å²) in [6.45, 7) is 4.74. The summed E-state index contributed by atoms with van der Waals surface area (Å²) in [7, 11) is 0. The zero-order chi connectivity index (χ0) is 34.6. The molecule has 0 saturated carbocycles. The van der Waals surface area contributed by atoms with E-state index in [-0.39, 0.29) is 5.41 Å². The number of anilines is 3. The second-order valence-corrected chi connectivity index (χ2v) is 15.6. The van der Waals surface area contributed by atoms with Crippen LogP contribution in [0.15, 0.2) is 168 Å². The van der Waals surface area contributed by atoms with Gasteiger partial charge in [-0.1, -0.05) is 129 Å². The molecule has 2 nitrogen and oxygen atoms in total. The van der Waals surface area contributed by atoms with Gasteiger partial charge in [0.05, 0.1) is 5.69 Å². The van der Waals surface area contributed by atoms with E-state index in [9.17, 15) is 0 Å². The van der Waals surface area contributed by atoms with Gasteiger partial charge in [0.1, 0.15) is 11.2 Å². The first-order chi connectivity index (χ1) is 25.5. The van der Waals surface area contributed by atoms with Crippen LogP contribution in [-0.4, -0.2) is 0 Å². The van der Waals surface area contributed by atoms with Crippen LogP contribution in [0.4, 0.5) is 17.1 Å². The molecular weight excluding hydrogens is 651 g/mol. The van der Waals surface area contributed by atoms with Crippen molar-refractivity contribution in [2.24, 2.45) is 0 Å². The average Bonchev–Trinajstić information content (AvgIpc) is 3.83. The minimum atomic E-state index is -0.166. The molecule has 3 heteroatoms. The molecule has 11 rings (SSSR count). The van der Waals surface area contributed by atoms with Gasteiger partial charge in [0.2, 0.25) is 0 Å². The van der Waals surface area contributed by atoms with Crippen LogP contribution in [0.2, 0.25) is 0 Å². The first kappa shape index (κ1) is 29.6. The summed E-state index contributed by atoms with van der Waals surface area (Å²) in [6.07, 6.45) is 0. The fourth-order valence-corrected chi connectivity index (χ4v) is 9.92. The molecule has 52 heavy (non-hydrogen) atoms. The fraction of sp³-hybridized carbons (Fsp3) is 0.0612. The third-order valence-corrected chi connectivity index (χ3v) is 12.4. The maximum Gasteiger partial charge on any atom is 0.143 e. The quantitative estimate of drug-likeness (QED) is 0.184. The van der Waals surface area contributed by atoms with Crippen LogP contribution < -0.4 is 4.90 Å². The molecule has 8 aromatic carbocycles. The van der Waals surface area contributed by atoms with Crippen LogP contribution in [0, 0.1) is 0 Å². The highest BCUT2D eigenvalue weighted by Crippen LogP contribution is 2.54. The molecule has 0 radical (unpaired) electrons. The van der Waals surface area contributed by atoms with Gasteiger partial charge in [-0.2, -0.15) is 0 Å². The number of fused-ring (bicyclic) bond motifs is 11. The van der Waals surface area contributed by atoms with Crippen LogP contribution >= 0.6 is 11.3 Å². The van der Waals surface area contributed by atoms with E-state index in [1.165, 1.54) is 53.5 Å². The number of nitrogens with zero attached hydrogens (tertiary/aromatic N) is 1. The number of hydrogen-bond acceptors (Lipinski definition) is 3. The third-order valence-electron chi connectivity index (χ3n) is 11.2. The first-order valence-electron chi connectivity index (χ1n) is 17.9. The van der Waals surface area contributed by atoms with Crippen molar-refractivity contribution in [2.75, 3.05) is 4.90 Å². The van der Waals surface area contributed by atoms with Crippen molar-refractivity contribution in [2.45, 2.75) is 19.3 Å². The molecule has 2 heterocycles. The second-order valence-electron chi connectivity index (χ2n) is 14.5. The number of furan rings is 1. The Bertz CT molecular complexity index is 3050. The van der Waals surface area contributed by atoms with Crippen molar-refractivity contribution in [3.05, 3.63) is 175 Å². The molecule has 0 aliphatic heterocycles. The topological polar surface area (TPSA) is 16.4 Å². The zero-order valence-electron chi connectivity index (χ0n) is 28.9. The summed E-state index contributed by atoms with van der Waals surface area (Å²) in [5.41, 5.74) is 12.8.